The minimum absolute atomic E-state index is 0.416. The fraction of sp³-hybridized carbons (Fsp3) is 0.393. The molecule has 0 saturated heterocycles. The van der Waals surface area contributed by atoms with E-state index in [0.717, 1.165) is 54.7 Å². The van der Waals surface area contributed by atoms with E-state index in [1.54, 1.807) is 7.11 Å². The SMILES string of the molecule is C=C(/C=C(/CNc1nc(NCCN(CC)CC)cc(Nc2cc(C3CC3)[nH]n2)n1)OC)c1ccccc1. The van der Waals surface area contributed by atoms with Crippen molar-refractivity contribution in [3.05, 3.63) is 72.1 Å². The molecular formula is C28H38N8O. The van der Waals surface area contributed by atoms with Crippen molar-refractivity contribution >= 4 is 29.0 Å². The molecule has 3 aromatic rings. The smallest absolute Gasteiger partial charge is 0.227 e. The molecule has 0 atom stereocenters. The van der Waals surface area contributed by atoms with Crippen molar-refractivity contribution in [2.45, 2.75) is 32.6 Å². The van der Waals surface area contributed by atoms with E-state index >= 15 is 0 Å². The Kier molecular flexibility index (Phi) is 9.15. The summed E-state index contributed by atoms with van der Waals surface area (Å²) in [5, 5.41) is 17.6. The molecule has 1 saturated carbocycles. The summed E-state index contributed by atoms with van der Waals surface area (Å²) < 4.78 is 5.60. The number of aromatic nitrogens is 4. The second-order valence-corrected chi connectivity index (χ2v) is 9.08. The van der Waals surface area contributed by atoms with Crippen LogP contribution in [0.5, 0.6) is 0 Å². The van der Waals surface area contributed by atoms with Crippen LogP contribution < -0.4 is 16.0 Å². The van der Waals surface area contributed by atoms with Crippen molar-refractivity contribution in [1.29, 1.82) is 0 Å². The molecule has 0 unspecified atom stereocenters. The molecule has 196 valence electrons. The lowest BCUT2D eigenvalue weighted by atomic mass is 10.1. The summed E-state index contributed by atoms with van der Waals surface area (Å²) in [5.74, 6) is 3.97. The second kappa shape index (κ2) is 12.9. The van der Waals surface area contributed by atoms with Crippen LogP contribution in [0, 0.1) is 0 Å². The van der Waals surface area contributed by atoms with Gasteiger partial charge in [-0.05, 0) is 43.1 Å². The summed E-state index contributed by atoms with van der Waals surface area (Å²) in [6.45, 7) is 12.7. The molecule has 9 nitrogen and oxygen atoms in total. The lowest BCUT2D eigenvalue weighted by Crippen LogP contribution is -2.28. The lowest BCUT2D eigenvalue weighted by molar-refractivity contribution is 0.290. The van der Waals surface area contributed by atoms with Gasteiger partial charge in [-0.1, -0.05) is 50.8 Å². The van der Waals surface area contributed by atoms with Crippen molar-refractivity contribution < 1.29 is 4.74 Å². The largest absolute Gasteiger partial charge is 0.499 e. The molecule has 9 heteroatoms. The second-order valence-electron chi connectivity index (χ2n) is 9.08. The number of aromatic amines is 1. The Morgan fingerprint density at radius 2 is 1.84 bits per heavy atom. The van der Waals surface area contributed by atoms with Gasteiger partial charge in [-0.2, -0.15) is 15.1 Å². The van der Waals surface area contributed by atoms with Gasteiger partial charge in [-0.3, -0.25) is 5.10 Å². The Bertz CT molecular complexity index is 1180. The lowest BCUT2D eigenvalue weighted by Gasteiger charge is -2.18. The highest BCUT2D eigenvalue weighted by Gasteiger charge is 2.25. The molecule has 1 aromatic carbocycles. The summed E-state index contributed by atoms with van der Waals surface area (Å²) in [6.07, 6.45) is 4.36. The Hall–Kier alpha value is -3.85. The van der Waals surface area contributed by atoms with E-state index < -0.39 is 0 Å². The van der Waals surface area contributed by atoms with Crippen LogP contribution in [0.1, 0.15) is 43.9 Å². The summed E-state index contributed by atoms with van der Waals surface area (Å²) in [4.78, 5) is 11.7. The highest BCUT2D eigenvalue weighted by atomic mass is 16.5. The van der Waals surface area contributed by atoms with E-state index in [2.05, 4.69) is 67.5 Å². The van der Waals surface area contributed by atoms with Crippen LogP contribution in [0.25, 0.3) is 5.57 Å². The van der Waals surface area contributed by atoms with Crippen molar-refractivity contribution in [2.75, 3.05) is 55.8 Å². The third-order valence-electron chi connectivity index (χ3n) is 6.39. The van der Waals surface area contributed by atoms with Gasteiger partial charge in [0.25, 0.3) is 0 Å². The number of H-pyrrole nitrogens is 1. The molecule has 4 N–H and O–H groups in total. The van der Waals surface area contributed by atoms with Crippen LogP contribution in [-0.2, 0) is 4.74 Å². The quantitative estimate of drug-likeness (QED) is 0.165. The third-order valence-corrected chi connectivity index (χ3v) is 6.39. The van der Waals surface area contributed by atoms with Crippen LogP contribution in [-0.4, -0.2) is 64.9 Å². The first-order valence-corrected chi connectivity index (χ1v) is 13.0. The first-order chi connectivity index (χ1) is 18.1. The summed E-state index contributed by atoms with van der Waals surface area (Å²) in [7, 11) is 1.65. The Morgan fingerprint density at radius 3 is 2.54 bits per heavy atom. The van der Waals surface area contributed by atoms with Gasteiger partial charge >= 0.3 is 0 Å². The number of methoxy groups -OCH3 is 1. The molecule has 0 bridgehead atoms. The molecule has 0 amide bonds. The average molecular weight is 503 g/mol. The zero-order chi connectivity index (χ0) is 26.0. The first kappa shape index (κ1) is 26.2. The number of anilines is 4. The van der Waals surface area contributed by atoms with Gasteiger partial charge in [-0.15, -0.1) is 0 Å². The highest BCUT2D eigenvalue weighted by Crippen LogP contribution is 2.39. The predicted molar refractivity (Wildman–Crippen MR) is 151 cm³/mol. The molecule has 4 rings (SSSR count). The normalized spacial score (nSPS) is 13.5. The summed E-state index contributed by atoms with van der Waals surface area (Å²) in [5.41, 5.74) is 3.09. The predicted octanol–water partition coefficient (Wildman–Crippen LogP) is 5.23. The van der Waals surface area contributed by atoms with Crippen LogP contribution in [0.15, 0.2) is 60.9 Å². The van der Waals surface area contributed by atoms with Gasteiger partial charge in [-0.25, -0.2) is 0 Å². The maximum Gasteiger partial charge on any atom is 0.227 e. The van der Waals surface area contributed by atoms with Gasteiger partial charge in [0.1, 0.15) is 17.4 Å². The minimum Gasteiger partial charge on any atom is -0.499 e. The number of ether oxygens (including phenoxy) is 1. The number of hydrogen-bond donors (Lipinski definition) is 4. The summed E-state index contributed by atoms with van der Waals surface area (Å²) in [6, 6.07) is 14.0. The number of rotatable bonds is 15. The number of hydrogen-bond acceptors (Lipinski definition) is 8. The van der Waals surface area contributed by atoms with Gasteiger partial charge in [0.15, 0.2) is 5.82 Å². The third kappa shape index (κ3) is 7.82. The van der Waals surface area contributed by atoms with Gasteiger partial charge < -0.3 is 25.6 Å². The maximum atomic E-state index is 5.60. The molecule has 1 aliphatic rings. The maximum absolute atomic E-state index is 5.60. The first-order valence-electron chi connectivity index (χ1n) is 13.0. The van der Waals surface area contributed by atoms with E-state index in [1.165, 1.54) is 18.5 Å². The molecule has 2 aromatic heterocycles. The number of allylic oxidation sites excluding steroid dienone is 2. The topological polar surface area (TPSA) is 103 Å². The zero-order valence-corrected chi connectivity index (χ0v) is 22.1. The van der Waals surface area contributed by atoms with E-state index in [4.69, 9.17) is 4.74 Å². The molecular weight excluding hydrogens is 464 g/mol. The van der Waals surface area contributed by atoms with Gasteiger partial charge in [0.05, 0.1) is 13.7 Å². The van der Waals surface area contributed by atoms with Crippen LogP contribution in [0.4, 0.5) is 23.4 Å². The monoisotopic (exact) mass is 502 g/mol. The van der Waals surface area contributed by atoms with Crippen LogP contribution in [0.2, 0.25) is 0 Å². The molecule has 2 heterocycles. The molecule has 0 aliphatic heterocycles. The van der Waals surface area contributed by atoms with Crippen molar-refractivity contribution in [2.24, 2.45) is 0 Å². The Labute approximate surface area is 219 Å². The van der Waals surface area contributed by atoms with Crippen LogP contribution >= 0.6 is 0 Å². The number of nitrogens with one attached hydrogen (secondary N) is 4. The number of nitrogens with zero attached hydrogens (tertiary/aromatic N) is 4. The zero-order valence-electron chi connectivity index (χ0n) is 22.1. The van der Waals surface area contributed by atoms with Crippen molar-refractivity contribution in [3.8, 4) is 0 Å². The molecule has 0 spiro atoms. The number of benzene rings is 1. The van der Waals surface area contributed by atoms with E-state index in [1.807, 2.05) is 42.5 Å². The standard InChI is InChI=1S/C28H38N8O/c1-5-36(6-2)15-14-29-25-18-26(31-27-17-24(34-35-27)22-12-13-22)33-28(32-25)30-19-23(37-4)16-20(3)21-10-8-7-9-11-21/h7-11,16-18,22H,3,5-6,12-15,19H2,1-2,4H3,(H4,29,30,31,32,33,34,35)/b23-16-. The summed E-state index contributed by atoms with van der Waals surface area (Å²) >= 11 is 0. The van der Waals surface area contributed by atoms with Gasteiger partial charge in [0.2, 0.25) is 5.95 Å². The fourth-order valence-electron chi connectivity index (χ4n) is 3.98. The van der Waals surface area contributed by atoms with E-state index in [9.17, 15) is 0 Å². The van der Waals surface area contributed by atoms with E-state index in [0.29, 0.717) is 24.2 Å². The molecule has 1 fully saturated rings. The highest BCUT2D eigenvalue weighted by molar-refractivity contribution is 5.72. The Morgan fingerprint density at radius 1 is 1.08 bits per heavy atom. The van der Waals surface area contributed by atoms with Gasteiger partial charge in [0, 0.05) is 36.8 Å². The molecule has 1 aliphatic carbocycles. The van der Waals surface area contributed by atoms with Crippen LogP contribution in [0.3, 0.4) is 0 Å². The van der Waals surface area contributed by atoms with Crippen molar-refractivity contribution in [1.82, 2.24) is 25.1 Å². The fourth-order valence-corrected chi connectivity index (χ4v) is 3.98. The molecule has 37 heavy (non-hydrogen) atoms. The average Bonchev–Trinajstić information content (AvgIpc) is 3.68. The Balaban J connectivity index is 1.46. The molecule has 0 radical (unpaired) electrons. The van der Waals surface area contributed by atoms with E-state index in [-0.39, 0.29) is 0 Å². The number of likely N-dealkylation sites (N-methyl/N-ethyl adjacent to an activating group) is 1. The minimum atomic E-state index is 0.416. The van der Waals surface area contributed by atoms with Crippen molar-refractivity contribution in [3.63, 3.8) is 0 Å².